The molecule has 0 bridgehead atoms. The number of rotatable bonds is 6. The molecule has 4 nitrogen and oxygen atoms in total. The summed E-state index contributed by atoms with van der Waals surface area (Å²) in [6.45, 7) is 1.08. The van der Waals surface area contributed by atoms with Gasteiger partial charge in [0.1, 0.15) is 5.75 Å². The third-order valence-corrected chi connectivity index (χ3v) is 3.12. The highest BCUT2D eigenvalue weighted by Gasteiger charge is 2.21. The number of methoxy groups -OCH3 is 1. The zero-order valence-electron chi connectivity index (χ0n) is 11.0. The zero-order valence-corrected chi connectivity index (χ0v) is 11.0. The van der Waals surface area contributed by atoms with Crippen LogP contribution in [0.5, 0.6) is 5.75 Å². The number of likely N-dealkylation sites (N-methyl/N-ethyl adjacent to an activating group) is 1. The van der Waals surface area contributed by atoms with Gasteiger partial charge in [-0.2, -0.15) is 0 Å². The lowest BCUT2D eigenvalue weighted by Crippen LogP contribution is -2.35. The van der Waals surface area contributed by atoms with Crippen LogP contribution in [0.25, 0.3) is 0 Å². The van der Waals surface area contributed by atoms with Crippen LogP contribution in [0.4, 0.5) is 0 Å². The van der Waals surface area contributed by atoms with Crippen molar-refractivity contribution in [2.45, 2.75) is 25.4 Å². The summed E-state index contributed by atoms with van der Waals surface area (Å²) in [7, 11) is 3.48. The van der Waals surface area contributed by atoms with Gasteiger partial charge in [0.15, 0.2) is 0 Å². The Labute approximate surface area is 108 Å². The smallest absolute Gasteiger partial charge is 0.236 e. The van der Waals surface area contributed by atoms with Gasteiger partial charge in [-0.25, -0.2) is 0 Å². The molecule has 4 heteroatoms. The average molecular weight is 248 g/mol. The fraction of sp³-hybridized carbons (Fsp3) is 0.500. The van der Waals surface area contributed by atoms with Gasteiger partial charge in [-0.15, -0.1) is 0 Å². The van der Waals surface area contributed by atoms with Crippen LogP contribution in [0, 0.1) is 0 Å². The minimum absolute atomic E-state index is 0.137. The van der Waals surface area contributed by atoms with Crippen LogP contribution in [0.2, 0.25) is 0 Å². The molecule has 0 radical (unpaired) electrons. The van der Waals surface area contributed by atoms with E-state index in [0.29, 0.717) is 19.1 Å². The molecular formula is C14H20N2O2. The average Bonchev–Trinajstić information content (AvgIpc) is 3.21. The van der Waals surface area contributed by atoms with E-state index < -0.39 is 0 Å². The van der Waals surface area contributed by atoms with Gasteiger partial charge in [-0.05, 0) is 30.5 Å². The summed E-state index contributed by atoms with van der Waals surface area (Å²) in [5.41, 5.74) is 1.11. The van der Waals surface area contributed by atoms with Crippen LogP contribution < -0.4 is 10.1 Å². The Morgan fingerprint density at radius 2 is 2.06 bits per heavy atom. The van der Waals surface area contributed by atoms with Gasteiger partial charge in [-0.1, -0.05) is 12.1 Å². The van der Waals surface area contributed by atoms with Crippen LogP contribution >= 0.6 is 0 Å². The molecule has 1 amide bonds. The molecule has 1 saturated carbocycles. The minimum atomic E-state index is 0.137. The van der Waals surface area contributed by atoms with Crippen molar-refractivity contribution in [2.24, 2.45) is 0 Å². The molecule has 1 aromatic rings. The third-order valence-electron chi connectivity index (χ3n) is 3.12. The highest BCUT2D eigenvalue weighted by molar-refractivity contribution is 5.78. The van der Waals surface area contributed by atoms with E-state index in [1.165, 1.54) is 12.8 Å². The highest BCUT2D eigenvalue weighted by atomic mass is 16.5. The maximum absolute atomic E-state index is 11.8. The number of hydrogen-bond acceptors (Lipinski definition) is 3. The van der Waals surface area contributed by atoms with Crippen LogP contribution in [-0.2, 0) is 11.3 Å². The second kappa shape index (κ2) is 5.87. The second-order valence-electron chi connectivity index (χ2n) is 4.75. The Morgan fingerprint density at radius 3 is 2.61 bits per heavy atom. The van der Waals surface area contributed by atoms with E-state index in [4.69, 9.17) is 4.74 Å². The molecule has 98 valence electrons. The first-order chi connectivity index (χ1) is 8.69. The number of ether oxygens (including phenoxy) is 1. The number of benzene rings is 1. The largest absolute Gasteiger partial charge is 0.497 e. The number of carbonyl (C=O) groups excluding carboxylic acids is 1. The summed E-state index contributed by atoms with van der Waals surface area (Å²) in [6, 6.07) is 8.36. The summed E-state index contributed by atoms with van der Waals surface area (Å²) in [5, 5.41) is 3.23. The van der Waals surface area contributed by atoms with Crippen molar-refractivity contribution in [1.82, 2.24) is 10.2 Å². The van der Waals surface area contributed by atoms with Crippen molar-refractivity contribution in [1.29, 1.82) is 0 Å². The number of carbonyl (C=O) groups is 1. The SMILES string of the molecule is COc1ccc(CN(C)C(=O)CNC2CC2)cc1. The fourth-order valence-electron chi connectivity index (χ4n) is 1.75. The topological polar surface area (TPSA) is 41.6 Å². The molecule has 2 rings (SSSR count). The van der Waals surface area contributed by atoms with Gasteiger partial charge in [0, 0.05) is 19.6 Å². The van der Waals surface area contributed by atoms with E-state index in [2.05, 4.69) is 5.32 Å². The quantitative estimate of drug-likeness (QED) is 0.827. The molecule has 1 fully saturated rings. The van der Waals surface area contributed by atoms with Gasteiger partial charge in [0.2, 0.25) is 5.91 Å². The van der Waals surface area contributed by atoms with E-state index in [1.54, 1.807) is 12.0 Å². The van der Waals surface area contributed by atoms with Crippen LogP contribution in [0.15, 0.2) is 24.3 Å². The predicted molar refractivity (Wildman–Crippen MR) is 70.5 cm³/mol. The summed E-state index contributed by atoms with van der Waals surface area (Å²) >= 11 is 0. The fourth-order valence-corrected chi connectivity index (χ4v) is 1.75. The van der Waals surface area contributed by atoms with Gasteiger partial charge in [0.25, 0.3) is 0 Å². The van der Waals surface area contributed by atoms with Gasteiger partial charge >= 0.3 is 0 Å². The Balaban J connectivity index is 1.80. The second-order valence-corrected chi connectivity index (χ2v) is 4.75. The van der Waals surface area contributed by atoms with Crippen molar-refractivity contribution < 1.29 is 9.53 Å². The first-order valence-corrected chi connectivity index (χ1v) is 6.29. The molecule has 0 unspecified atom stereocenters. The summed E-state index contributed by atoms with van der Waals surface area (Å²) in [6.07, 6.45) is 2.41. The molecule has 0 heterocycles. The first-order valence-electron chi connectivity index (χ1n) is 6.29. The van der Waals surface area contributed by atoms with Crippen molar-refractivity contribution in [3.05, 3.63) is 29.8 Å². The number of nitrogens with zero attached hydrogens (tertiary/aromatic N) is 1. The number of nitrogens with one attached hydrogen (secondary N) is 1. The van der Waals surface area contributed by atoms with Crippen molar-refractivity contribution in [2.75, 3.05) is 20.7 Å². The Bertz CT molecular complexity index is 399. The van der Waals surface area contributed by atoms with Gasteiger partial charge < -0.3 is 15.0 Å². The van der Waals surface area contributed by atoms with Crippen molar-refractivity contribution in [3.63, 3.8) is 0 Å². The number of amides is 1. The summed E-state index contributed by atoms with van der Waals surface area (Å²) in [4.78, 5) is 13.6. The molecule has 0 spiro atoms. The maximum atomic E-state index is 11.8. The summed E-state index contributed by atoms with van der Waals surface area (Å²) in [5.74, 6) is 0.973. The molecular weight excluding hydrogens is 228 g/mol. The van der Waals surface area contributed by atoms with E-state index in [-0.39, 0.29) is 5.91 Å². The zero-order chi connectivity index (χ0) is 13.0. The maximum Gasteiger partial charge on any atom is 0.236 e. The lowest BCUT2D eigenvalue weighted by molar-refractivity contribution is -0.129. The van der Waals surface area contributed by atoms with Crippen molar-refractivity contribution in [3.8, 4) is 5.75 Å². The first kappa shape index (κ1) is 12.9. The van der Waals surface area contributed by atoms with Crippen LogP contribution in [0.1, 0.15) is 18.4 Å². The molecule has 0 aromatic heterocycles. The monoisotopic (exact) mass is 248 g/mol. The lowest BCUT2D eigenvalue weighted by Gasteiger charge is -2.17. The van der Waals surface area contributed by atoms with Crippen LogP contribution in [-0.4, -0.2) is 37.6 Å². The molecule has 1 aliphatic carbocycles. The third kappa shape index (κ3) is 3.74. The Kier molecular flexibility index (Phi) is 4.20. The van der Waals surface area contributed by atoms with Crippen LogP contribution in [0.3, 0.4) is 0 Å². The molecule has 0 saturated heterocycles. The van der Waals surface area contributed by atoms with E-state index in [0.717, 1.165) is 11.3 Å². The van der Waals surface area contributed by atoms with Gasteiger partial charge in [0.05, 0.1) is 13.7 Å². The molecule has 0 atom stereocenters. The standard InChI is InChI=1S/C14H20N2O2/c1-16(14(17)9-15-12-5-6-12)10-11-3-7-13(18-2)8-4-11/h3-4,7-8,12,15H,5-6,9-10H2,1-2H3. The van der Waals surface area contributed by atoms with E-state index in [1.807, 2.05) is 31.3 Å². The normalized spacial score (nSPS) is 14.3. The molecule has 1 aliphatic rings. The highest BCUT2D eigenvalue weighted by Crippen LogP contribution is 2.18. The molecule has 1 aromatic carbocycles. The molecule has 1 N–H and O–H groups in total. The Morgan fingerprint density at radius 1 is 1.39 bits per heavy atom. The summed E-state index contributed by atoms with van der Waals surface area (Å²) < 4.78 is 5.10. The van der Waals surface area contributed by atoms with Gasteiger partial charge in [-0.3, -0.25) is 4.79 Å². The van der Waals surface area contributed by atoms with E-state index >= 15 is 0 Å². The Hall–Kier alpha value is -1.55. The number of hydrogen-bond donors (Lipinski definition) is 1. The molecule has 18 heavy (non-hydrogen) atoms. The predicted octanol–water partition coefficient (Wildman–Crippen LogP) is 1.41. The van der Waals surface area contributed by atoms with E-state index in [9.17, 15) is 4.79 Å². The minimum Gasteiger partial charge on any atom is -0.497 e. The molecule has 0 aliphatic heterocycles. The van der Waals surface area contributed by atoms with Crippen molar-refractivity contribution >= 4 is 5.91 Å². The lowest BCUT2D eigenvalue weighted by atomic mass is 10.2.